The largest absolute Gasteiger partial charge is 0.496 e. The van der Waals surface area contributed by atoms with Gasteiger partial charge in [-0.2, -0.15) is 4.99 Å². The van der Waals surface area contributed by atoms with Gasteiger partial charge in [0, 0.05) is 17.4 Å². The normalized spacial score (nSPS) is 23.5. The van der Waals surface area contributed by atoms with Crippen molar-refractivity contribution in [1.29, 1.82) is 0 Å². The minimum Gasteiger partial charge on any atom is -0.496 e. The number of amidine groups is 1. The molecule has 2 aromatic rings. The van der Waals surface area contributed by atoms with Crippen molar-refractivity contribution in [2.75, 3.05) is 18.6 Å². The van der Waals surface area contributed by atoms with Crippen LogP contribution in [0.3, 0.4) is 0 Å². The number of para-hydroxylation sites is 1. The van der Waals surface area contributed by atoms with Crippen molar-refractivity contribution in [2.45, 2.75) is 24.3 Å². The molecule has 9 heteroatoms. The van der Waals surface area contributed by atoms with E-state index in [0.717, 1.165) is 5.56 Å². The molecule has 0 radical (unpaired) electrons. The van der Waals surface area contributed by atoms with E-state index in [-0.39, 0.29) is 40.9 Å². The topological polar surface area (TPSA) is 76.0 Å². The second-order valence-corrected chi connectivity index (χ2v) is 10.7. The third-order valence-electron chi connectivity index (χ3n) is 5.20. The number of carbonyl (C=O) groups excluding carboxylic acids is 1. The highest BCUT2D eigenvalue weighted by Crippen LogP contribution is 2.39. The van der Waals surface area contributed by atoms with Gasteiger partial charge in [0.1, 0.15) is 11.6 Å². The first-order valence-electron chi connectivity index (χ1n) is 9.46. The number of nitrogens with zero attached hydrogens (tertiary/aromatic N) is 2. The summed E-state index contributed by atoms with van der Waals surface area (Å²) >= 11 is 1.34. The Balaban J connectivity index is 1.59. The lowest BCUT2D eigenvalue weighted by atomic mass is 10.1. The summed E-state index contributed by atoms with van der Waals surface area (Å²) in [6.07, 6.45) is 0.0560. The zero-order valence-corrected chi connectivity index (χ0v) is 18.0. The molecular formula is C21H21FN2O4S2. The van der Waals surface area contributed by atoms with Crippen LogP contribution in [-0.2, 0) is 27.6 Å². The number of amides is 1. The third kappa shape index (κ3) is 4.52. The summed E-state index contributed by atoms with van der Waals surface area (Å²) in [6.45, 7) is 0.399. The van der Waals surface area contributed by atoms with Gasteiger partial charge < -0.3 is 9.64 Å². The summed E-state index contributed by atoms with van der Waals surface area (Å²) < 4.78 is 42.8. The Labute approximate surface area is 179 Å². The Bertz CT molecular complexity index is 1090. The van der Waals surface area contributed by atoms with E-state index in [1.54, 1.807) is 19.2 Å². The van der Waals surface area contributed by atoms with Gasteiger partial charge in [-0.15, -0.1) is 0 Å². The predicted octanol–water partition coefficient (Wildman–Crippen LogP) is 2.67. The van der Waals surface area contributed by atoms with E-state index in [1.807, 2.05) is 29.2 Å². The van der Waals surface area contributed by atoms with Gasteiger partial charge in [-0.05, 0) is 23.8 Å². The van der Waals surface area contributed by atoms with Crippen molar-refractivity contribution in [3.63, 3.8) is 0 Å². The van der Waals surface area contributed by atoms with Crippen LogP contribution < -0.4 is 4.74 Å². The molecule has 1 amide bonds. The van der Waals surface area contributed by atoms with Gasteiger partial charge in [0.2, 0.25) is 0 Å². The van der Waals surface area contributed by atoms with E-state index in [4.69, 9.17) is 4.74 Å². The number of halogens is 1. The fraction of sp³-hybridized carbons (Fsp3) is 0.333. The molecule has 2 fully saturated rings. The number of benzene rings is 2. The lowest BCUT2D eigenvalue weighted by molar-refractivity contribution is -0.117. The maximum Gasteiger partial charge on any atom is 0.252 e. The fourth-order valence-electron chi connectivity index (χ4n) is 3.76. The van der Waals surface area contributed by atoms with E-state index in [2.05, 4.69) is 4.99 Å². The van der Waals surface area contributed by atoms with Crippen LogP contribution in [0.2, 0.25) is 0 Å². The number of fused-ring (bicyclic) bond motifs is 1. The Morgan fingerprint density at radius 2 is 1.93 bits per heavy atom. The molecule has 0 aliphatic carbocycles. The van der Waals surface area contributed by atoms with E-state index in [1.165, 1.54) is 23.9 Å². The highest BCUT2D eigenvalue weighted by Gasteiger charge is 2.48. The number of thioether (sulfide) groups is 1. The molecule has 2 saturated heterocycles. The van der Waals surface area contributed by atoms with Crippen molar-refractivity contribution in [3.05, 3.63) is 65.5 Å². The number of sulfone groups is 1. The molecule has 0 N–H and O–H groups in total. The number of hydrogen-bond acceptors (Lipinski definition) is 5. The van der Waals surface area contributed by atoms with Gasteiger partial charge in [0.05, 0.1) is 31.1 Å². The quantitative estimate of drug-likeness (QED) is 0.700. The van der Waals surface area contributed by atoms with Crippen LogP contribution in [0.4, 0.5) is 4.39 Å². The van der Waals surface area contributed by atoms with E-state index in [0.29, 0.717) is 23.0 Å². The lowest BCUT2D eigenvalue weighted by Crippen LogP contribution is -2.37. The molecule has 2 aliphatic rings. The number of carbonyl (C=O) groups is 1. The summed E-state index contributed by atoms with van der Waals surface area (Å²) in [6, 6.07) is 13.0. The van der Waals surface area contributed by atoms with Crippen LogP contribution in [0.5, 0.6) is 5.75 Å². The van der Waals surface area contributed by atoms with Crippen LogP contribution in [0, 0.1) is 5.82 Å². The first-order chi connectivity index (χ1) is 14.3. The SMILES string of the molecule is COc1ccccc1CN1C(=NC(=O)Cc2ccc(F)cc2)S[C@H]2CS(=O)(=O)C[C@H]21. The van der Waals surface area contributed by atoms with E-state index < -0.39 is 9.84 Å². The minimum atomic E-state index is -3.12. The lowest BCUT2D eigenvalue weighted by Gasteiger charge is -2.25. The molecule has 0 saturated carbocycles. The Hall–Kier alpha value is -2.39. The average molecular weight is 449 g/mol. The van der Waals surface area contributed by atoms with Crippen LogP contribution in [0.25, 0.3) is 0 Å². The summed E-state index contributed by atoms with van der Waals surface area (Å²) in [7, 11) is -1.54. The van der Waals surface area contributed by atoms with Crippen LogP contribution in [-0.4, -0.2) is 54.3 Å². The number of methoxy groups -OCH3 is 1. The van der Waals surface area contributed by atoms with Gasteiger partial charge in [-0.25, -0.2) is 12.8 Å². The molecule has 4 rings (SSSR count). The maximum atomic E-state index is 13.1. The zero-order valence-electron chi connectivity index (χ0n) is 16.3. The average Bonchev–Trinajstić information content (AvgIpc) is 3.16. The van der Waals surface area contributed by atoms with Gasteiger partial charge in [0.15, 0.2) is 15.0 Å². The summed E-state index contributed by atoms with van der Waals surface area (Å²) in [5.74, 6) is 0.114. The second-order valence-electron chi connectivity index (χ2n) is 7.33. The molecule has 2 heterocycles. The monoisotopic (exact) mass is 448 g/mol. The van der Waals surface area contributed by atoms with Crippen molar-refractivity contribution < 1.29 is 22.3 Å². The van der Waals surface area contributed by atoms with Gasteiger partial charge in [-0.1, -0.05) is 42.1 Å². The van der Waals surface area contributed by atoms with Crippen molar-refractivity contribution >= 4 is 32.7 Å². The Morgan fingerprint density at radius 3 is 2.67 bits per heavy atom. The smallest absolute Gasteiger partial charge is 0.252 e. The van der Waals surface area contributed by atoms with Crippen molar-refractivity contribution in [1.82, 2.24) is 4.90 Å². The maximum absolute atomic E-state index is 13.1. The van der Waals surface area contributed by atoms with Crippen molar-refractivity contribution in [2.24, 2.45) is 4.99 Å². The number of aliphatic imine (C=N–C) groups is 1. The molecule has 0 unspecified atom stereocenters. The zero-order chi connectivity index (χ0) is 21.3. The van der Waals surface area contributed by atoms with Gasteiger partial charge >= 0.3 is 0 Å². The van der Waals surface area contributed by atoms with Crippen LogP contribution in [0.1, 0.15) is 11.1 Å². The number of hydrogen-bond donors (Lipinski definition) is 0. The highest BCUT2D eigenvalue weighted by atomic mass is 32.2. The fourth-order valence-corrected chi connectivity index (χ4v) is 7.73. The van der Waals surface area contributed by atoms with E-state index in [9.17, 15) is 17.6 Å². The molecule has 158 valence electrons. The van der Waals surface area contributed by atoms with Crippen LogP contribution >= 0.6 is 11.8 Å². The molecule has 2 atom stereocenters. The third-order valence-corrected chi connectivity index (χ3v) is 8.44. The predicted molar refractivity (Wildman–Crippen MR) is 115 cm³/mol. The first-order valence-corrected chi connectivity index (χ1v) is 12.2. The molecule has 0 bridgehead atoms. The van der Waals surface area contributed by atoms with Gasteiger partial charge in [0.25, 0.3) is 5.91 Å². The number of ether oxygens (including phenoxy) is 1. The second kappa shape index (κ2) is 8.39. The molecular weight excluding hydrogens is 427 g/mol. The molecule has 0 spiro atoms. The highest BCUT2D eigenvalue weighted by molar-refractivity contribution is 8.15. The minimum absolute atomic E-state index is 0.0466. The van der Waals surface area contributed by atoms with Crippen molar-refractivity contribution in [3.8, 4) is 5.75 Å². The molecule has 2 aliphatic heterocycles. The van der Waals surface area contributed by atoms with Crippen LogP contribution in [0.15, 0.2) is 53.5 Å². The molecule has 30 heavy (non-hydrogen) atoms. The van der Waals surface area contributed by atoms with Gasteiger partial charge in [-0.3, -0.25) is 4.79 Å². The summed E-state index contributed by atoms with van der Waals surface area (Å²) in [5.41, 5.74) is 1.57. The Kier molecular flexibility index (Phi) is 5.84. The summed E-state index contributed by atoms with van der Waals surface area (Å²) in [5, 5.41) is 0.375. The summed E-state index contributed by atoms with van der Waals surface area (Å²) in [4.78, 5) is 18.8. The Morgan fingerprint density at radius 1 is 1.20 bits per heavy atom. The standard InChI is InChI=1S/C21H21FN2O4S2/c1-28-18-5-3-2-4-15(18)11-24-17-12-30(26,27)13-19(17)29-21(24)23-20(25)10-14-6-8-16(22)9-7-14/h2-9,17,19H,10-13H2,1H3/t17-,19+/m1/s1. The molecule has 6 nitrogen and oxygen atoms in total. The number of rotatable bonds is 5. The molecule has 0 aromatic heterocycles. The molecule has 2 aromatic carbocycles. The first kappa shape index (κ1) is 20.9. The van der Waals surface area contributed by atoms with E-state index >= 15 is 0 Å².